The molecule has 0 amide bonds. The molecule has 66 valence electrons. The van der Waals surface area contributed by atoms with Gasteiger partial charge in [-0.3, -0.25) is 0 Å². The number of aliphatic hydroxyl groups is 1. The summed E-state index contributed by atoms with van der Waals surface area (Å²) < 4.78 is 0. The highest BCUT2D eigenvalue weighted by molar-refractivity contribution is 7.79. The molecule has 0 radical (unpaired) electrons. The third kappa shape index (κ3) is 2.26. The van der Waals surface area contributed by atoms with Gasteiger partial charge < -0.3 is 5.11 Å². The van der Waals surface area contributed by atoms with Crippen molar-refractivity contribution >= 4 is 12.6 Å². The van der Waals surface area contributed by atoms with Crippen LogP contribution in [0.25, 0.3) is 0 Å². The average molecular weight is 182 g/mol. The fourth-order valence-electron chi connectivity index (χ4n) is 1.02. The first-order valence-corrected chi connectivity index (χ1v) is 4.60. The number of hydrogen-bond acceptors (Lipinski definition) is 2. The number of thiol groups is 1. The van der Waals surface area contributed by atoms with Gasteiger partial charge in [-0.15, -0.1) is 0 Å². The summed E-state index contributed by atoms with van der Waals surface area (Å²) in [5.41, 5.74) is 1.37. The van der Waals surface area contributed by atoms with Crippen LogP contribution in [0.5, 0.6) is 0 Å². The molecule has 0 unspecified atom stereocenters. The normalized spacial score (nSPS) is 11.7. The van der Waals surface area contributed by atoms with Gasteiger partial charge in [0.1, 0.15) is 0 Å². The lowest BCUT2D eigenvalue weighted by molar-refractivity contribution is 0.0786. The van der Waals surface area contributed by atoms with E-state index in [0.717, 1.165) is 11.3 Å². The molecule has 0 aliphatic rings. The lowest BCUT2D eigenvalue weighted by Crippen LogP contribution is -2.14. The molecule has 1 aromatic rings. The van der Waals surface area contributed by atoms with E-state index in [1.165, 1.54) is 5.56 Å². The second-order valence-corrected chi connectivity index (χ2v) is 3.73. The summed E-state index contributed by atoms with van der Waals surface area (Å²) in [6.07, 6.45) is 0. The molecule has 0 saturated heterocycles. The van der Waals surface area contributed by atoms with Crippen molar-refractivity contribution in [2.24, 2.45) is 0 Å². The third-order valence-corrected chi connectivity index (χ3v) is 2.21. The van der Waals surface area contributed by atoms with Crippen molar-refractivity contribution in [3.63, 3.8) is 0 Å². The lowest BCUT2D eigenvalue weighted by atomic mass is 9.98. The zero-order chi connectivity index (χ0) is 9.19. The zero-order valence-electron chi connectivity index (χ0n) is 7.41. The molecule has 0 spiro atoms. The molecule has 1 N–H and O–H groups in total. The molecule has 0 saturated carbocycles. The van der Waals surface area contributed by atoms with Crippen LogP contribution >= 0.6 is 12.6 Å². The van der Waals surface area contributed by atoms with E-state index < -0.39 is 5.60 Å². The molecular weight excluding hydrogens is 168 g/mol. The monoisotopic (exact) mass is 182 g/mol. The van der Waals surface area contributed by atoms with Gasteiger partial charge >= 0.3 is 0 Å². The smallest absolute Gasteiger partial charge is 0.0840 e. The van der Waals surface area contributed by atoms with Crippen LogP contribution in [0.1, 0.15) is 25.0 Å². The van der Waals surface area contributed by atoms with Crippen molar-refractivity contribution in [3.05, 3.63) is 35.4 Å². The van der Waals surface area contributed by atoms with E-state index in [4.69, 9.17) is 0 Å². The van der Waals surface area contributed by atoms with E-state index in [1.807, 2.05) is 24.3 Å². The summed E-state index contributed by atoms with van der Waals surface area (Å²) in [6, 6.07) is 7.84. The highest BCUT2D eigenvalue weighted by atomic mass is 32.1. The van der Waals surface area contributed by atoms with Crippen molar-refractivity contribution in [2.45, 2.75) is 25.2 Å². The third-order valence-electron chi connectivity index (χ3n) is 1.84. The molecule has 0 aliphatic carbocycles. The van der Waals surface area contributed by atoms with Gasteiger partial charge in [0.05, 0.1) is 5.60 Å². The standard InChI is InChI=1S/C10H14OS/c1-10(2,11)9-5-3-8(7-12)4-6-9/h3-6,11-12H,7H2,1-2H3. The molecule has 1 nitrogen and oxygen atoms in total. The van der Waals surface area contributed by atoms with Crippen molar-refractivity contribution in [1.29, 1.82) is 0 Å². The topological polar surface area (TPSA) is 20.2 Å². The Kier molecular flexibility index (Phi) is 2.80. The van der Waals surface area contributed by atoms with E-state index in [-0.39, 0.29) is 0 Å². The van der Waals surface area contributed by atoms with Gasteiger partial charge in [-0.05, 0) is 25.0 Å². The minimum absolute atomic E-state index is 0.741. The minimum Gasteiger partial charge on any atom is -0.386 e. The molecule has 0 bridgehead atoms. The Hall–Kier alpha value is -0.470. The van der Waals surface area contributed by atoms with Crippen LogP contribution in [0.2, 0.25) is 0 Å². The maximum atomic E-state index is 9.63. The molecule has 0 aliphatic heterocycles. The predicted molar refractivity (Wildman–Crippen MR) is 54.4 cm³/mol. The van der Waals surface area contributed by atoms with Gasteiger partial charge in [-0.1, -0.05) is 24.3 Å². The Morgan fingerprint density at radius 3 is 2.08 bits per heavy atom. The summed E-state index contributed by atoms with van der Waals surface area (Å²) in [6.45, 7) is 3.56. The van der Waals surface area contributed by atoms with Crippen LogP contribution < -0.4 is 0 Å². The quantitative estimate of drug-likeness (QED) is 0.673. The van der Waals surface area contributed by atoms with E-state index >= 15 is 0 Å². The average Bonchev–Trinajstić information content (AvgIpc) is 2.03. The molecule has 1 rings (SSSR count). The van der Waals surface area contributed by atoms with E-state index in [1.54, 1.807) is 13.8 Å². The Morgan fingerprint density at radius 2 is 1.75 bits per heavy atom. The molecule has 0 aromatic heterocycles. The van der Waals surface area contributed by atoms with Gasteiger partial charge in [0.25, 0.3) is 0 Å². The van der Waals surface area contributed by atoms with Crippen LogP contribution in [-0.4, -0.2) is 5.11 Å². The van der Waals surface area contributed by atoms with Crippen LogP contribution in [0.15, 0.2) is 24.3 Å². The van der Waals surface area contributed by atoms with E-state index in [0.29, 0.717) is 0 Å². The van der Waals surface area contributed by atoms with Crippen molar-refractivity contribution in [1.82, 2.24) is 0 Å². The Bertz CT molecular complexity index is 246. The van der Waals surface area contributed by atoms with Crippen molar-refractivity contribution in [2.75, 3.05) is 0 Å². The lowest BCUT2D eigenvalue weighted by Gasteiger charge is -2.17. The van der Waals surface area contributed by atoms with Gasteiger partial charge in [0.15, 0.2) is 0 Å². The van der Waals surface area contributed by atoms with Crippen LogP contribution in [0, 0.1) is 0 Å². The van der Waals surface area contributed by atoms with Crippen molar-refractivity contribution < 1.29 is 5.11 Å². The van der Waals surface area contributed by atoms with Crippen LogP contribution in [0.4, 0.5) is 0 Å². The molecule has 1 aromatic carbocycles. The highest BCUT2D eigenvalue weighted by Gasteiger charge is 2.14. The van der Waals surface area contributed by atoms with Crippen LogP contribution in [0.3, 0.4) is 0 Å². The maximum absolute atomic E-state index is 9.63. The number of benzene rings is 1. The second-order valence-electron chi connectivity index (χ2n) is 3.41. The number of rotatable bonds is 2. The highest BCUT2D eigenvalue weighted by Crippen LogP contribution is 2.19. The van der Waals surface area contributed by atoms with Gasteiger partial charge in [0.2, 0.25) is 0 Å². The summed E-state index contributed by atoms with van der Waals surface area (Å²) in [7, 11) is 0. The Morgan fingerprint density at radius 1 is 1.25 bits per heavy atom. The van der Waals surface area contributed by atoms with E-state index in [9.17, 15) is 5.11 Å². The maximum Gasteiger partial charge on any atom is 0.0840 e. The fraction of sp³-hybridized carbons (Fsp3) is 0.400. The van der Waals surface area contributed by atoms with Crippen LogP contribution in [-0.2, 0) is 11.4 Å². The summed E-state index contributed by atoms with van der Waals surface area (Å²) >= 11 is 4.15. The summed E-state index contributed by atoms with van der Waals surface area (Å²) in [5, 5.41) is 9.63. The molecule has 2 heteroatoms. The molecule has 0 heterocycles. The fourth-order valence-corrected chi connectivity index (χ4v) is 1.23. The summed E-state index contributed by atoms with van der Waals surface area (Å²) in [5.74, 6) is 0.742. The summed E-state index contributed by atoms with van der Waals surface area (Å²) in [4.78, 5) is 0. The SMILES string of the molecule is CC(C)(O)c1ccc(CS)cc1. The van der Waals surface area contributed by atoms with Crippen molar-refractivity contribution in [3.8, 4) is 0 Å². The molecule has 0 fully saturated rings. The predicted octanol–water partition coefficient (Wildman–Crippen LogP) is 2.34. The minimum atomic E-state index is -0.741. The van der Waals surface area contributed by atoms with E-state index in [2.05, 4.69) is 12.6 Å². The van der Waals surface area contributed by atoms with Gasteiger partial charge in [-0.2, -0.15) is 12.6 Å². The van der Waals surface area contributed by atoms with Gasteiger partial charge in [-0.25, -0.2) is 0 Å². The first kappa shape index (κ1) is 9.62. The molecule has 0 atom stereocenters. The second kappa shape index (κ2) is 3.50. The Balaban J connectivity index is 2.93. The molecule has 12 heavy (non-hydrogen) atoms. The number of hydrogen-bond donors (Lipinski definition) is 2. The first-order valence-electron chi connectivity index (χ1n) is 3.96. The van der Waals surface area contributed by atoms with Gasteiger partial charge in [0, 0.05) is 5.75 Å². The zero-order valence-corrected chi connectivity index (χ0v) is 8.31. The Labute approximate surface area is 78.8 Å². The first-order chi connectivity index (χ1) is 5.54. The molecular formula is C10H14OS. The largest absolute Gasteiger partial charge is 0.386 e.